The highest BCUT2D eigenvalue weighted by Gasteiger charge is 2.26. The van der Waals surface area contributed by atoms with E-state index >= 15 is 0 Å². The monoisotopic (exact) mass is 446 g/mol. The van der Waals surface area contributed by atoms with E-state index in [4.69, 9.17) is 0 Å². The Morgan fingerprint density at radius 3 is 2.42 bits per heavy atom. The van der Waals surface area contributed by atoms with Crippen molar-refractivity contribution in [3.05, 3.63) is 89.9 Å². The lowest BCUT2D eigenvalue weighted by Gasteiger charge is -2.35. The number of hydrogen-bond donors (Lipinski definition) is 1. The summed E-state index contributed by atoms with van der Waals surface area (Å²) in [4.78, 5) is 33.6. The van der Waals surface area contributed by atoms with E-state index in [-0.39, 0.29) is 17.6 Å². The molecule has 1 saturated heterocycles. The molecule has 3 aromatic rings. The number of piperazine rings is 1. The van der Waals surface area contributed by atoms with Crippen LogP contribution in [-0.2, 0) is 11.2 Å². The summed E-state index contributed by atoms with van der Waals surface area (Å²) in [6, 6.07) is 19.6. The third-order valence-electron chi connectivity index (χ3n) is 5.74. The highest BCUT2D eigenvalue weighted by Crippen LogP contribution is 2.21. The van der Waals surface area contributed by atoms with Gasteiger partial charge in [-0.2, -0.15) is 0 Å². The maximum absolute atomic E-state index is 13.5. The Morgan fingerprint density at radius 2 is 1.67 bits per heavy atom. The van der Waals surface area contributed by atoms with E-state index in [1.807, 2.05) is 23.1 Å². The molecule has 4 rings (SSSR count). The van der Waals surface area contributed by atoms with Crippen molar-refractivity contribution in [1.29, 1.82) is 0 Å². The minimum absolute atomic E-state index is 0.132. The van der Waals surface area contributed by atoms with Crippen LogP contribution in [-0.4, -0.2) is 52.8 Å². The van der Waals surface area contributed by atoms with Crippen molar-refractivity contribution in [3.63, 3.8) is 0 Å². The Kier molecular flexibility index (Phi) is 7.29. The van der Waals surface area contributed by atoms with Gasteiger partial charge in [0.1, 0.15) is 11.6 Å². The van der Waals surface area contributed by atoms with E-state index in [0.29, 0.717) is 49.7 Å². The van der Waals surface area contributed by atoms with Crippen LogP contribution in [0.2, 0.25) is 0 Å². The number of carbonyl (C=O) groups is 2. The number of benzene rings is 2. The normalized spacial score (nSPS) is 13.6. The summed E-state index contributed by atoms with van der Waals surface area (Å²) >= 11 is 0. The second kappa shape index (κ2) is 10.7. The predicted octanol–water partition coefficient (Wildman–Crippen LogP) is 4.27. The molecule has 2 heterocycles. The van der Waals surface area contributed by atoms with Gasteiger partial charge >= 0.3 is 0 Å². The summed E-state index contributed by atoms with van der Waals surface area (Å²) in [5.74, 6) is -0.00747. The molecule has 2 aromatic carbocycles. The molecule has 0 saturated carbocycles. The molecular weight excluding hydrogens is 419 g/mol. The van der Waals surface area contributed by atoms with Gasteiger partial charge in [0, 0.05) is 44.5 Å². The minimum Gasteiger partial charge on any atom is -0.339 e. The van der Waals surface area contributed by atoms with Crippen LogP contribution >= 0.6 is 0 Å². The number of hydrogen-bond acceptors (Lipinski definition) is 4. The molecule has 0 atom stereocenters. The van der Waals surface area contributed by atoms with E-state index in [1.165, 1.54) is 17.7 Å². The zero-order valence-electron chi connectivity index (χ0n) is 18.4. The number of nitrogens with one attached hydrogen (secondary N) is 1. The molecule has 1 aromatic heterocycles. The Bertz CT molecular complexity index is 1100. The molecule has 0 bridgehead atoms. The summed E-state index contributed by atoms with van der Waals surface area (Å²) < 4.78 is 13.5. The number of aromatic nitrogens is 1. The first-order valence-electron chi connectivity index (χ1n) is 11.2. The fourth-order valence-electron chi connectivity index (χ4n) is 3.96. The molecule has 170 valence electrons. The van der Waals surface area contributed by atoms with Crippen molar-refractivity contribution in [1.82, 2.24) is 14.8 Å². The highest BCUT2D eigenvalue weighted by atomic mass is 19.1. The van der Waals surface area contributed by atoms with Crippen molar-refractivity contribution in [2.45, 2.75) is 19.3 Å². The van der Waals surface area contributed by atoms with Crippen LogP contribution in [0.15, 0.2) is 72.9 Å². The number of nitrogens with zero attached hydrogens (tertiary/aromatic N) is 3. The average Bonchev–Trinajstić information content (AvgIpc) is 2.85. The Labute approximate surface area is 193 Å². The van der Waals surface area contributed by atoms with Crippen LogP contribution in [0.5, 0.6) is 0 Å². The number of halogens is 1. The quantitative estimate of drug-likeness (QED) is 0.589. The summed E-state index contributed by atoms with van der Waals surface area (Å²) in [6.07, 6.45) is 3.79. The molecule has 7 heteroatoms. The molecule has 2 amide bonds. The second-order valence-corrected chi connectivity index (χ2v) is 8.05. The lowest BCUT2D eigenvalue weighted by molar-refractivity contribution is -0.132. The van der Waals surface area contributed by atoms with Crippen LogP contribution < -0.4 is 5.32 Å². The maximum atomic E-state index is 13.5. The molecule has 0 aliphatic carbocycles. The second-order valence-electron chi connectivity index (χ2n) is 8.05. The van der Waals surface area contributed by atoms with E-state index in [2.05, 4.69) is 22.4 Å². The minimum atomic E-state index is -0.367. The lowest BCUT2D eigenvalue weighted by Crippen LogP contribution is -2.50. The highest BCUT2D eigenvalue weighted by molar-refractivity contribution is 5.99. The van der Waals surface area contributed by atoms with Crippen molar-refractivity contribution in [3.8, 4) is 0 Å². The fourth-order valence-corrected chi connectivity index (χ4v) is 3.96. The SMILES string of the molecule is O=C(CCCc1ccccc1)N1CCN(C(=O)c2cccnc2Nc2cccc(F)c2)CC1. The van der Waals surface area contributed by atoms with Gasteiger partial charge < -0.3 is 15.1 Å². The van der Waals surface area contributed by atoms with Gasteiger partial charge in [0.15, 0.2) is 0 Å². The van der Waals surface area contributed by atoms with Crippen molar-refractivity contribution in [2.24, 2.45) is 0 Å². The van der Waals surface area contributed by atoms with Crippen molar-refractivity contribution in [2.75, 3.05) is 31.5 Å². The summed E-state index contributed by atoms with van der Waals surface area (Å²) in [5.41, 5.74) is 2.18. The Balaban J connectivity index is 1.31. The Hall–Kier alpha value is -3.74. The zero-order chi connectivity index (χ0) is 23.0. The largest absolute Gasteiger partial charge is 0.339 e. The smallest absolute Gasteiger partial charge is 0.257 e. The van der Waals surface area contributed by atoms with Gasteiger partial charge in [0.2, 0.25) is 5.91 Å². The van der Waals surface area contributed by atoms with Gasteiger partial charge in [-0.15, -0.1) is 0 Å². The molecule has 6 nitrogen and oxygen atoms in total. The zero-order valence-corrected chi connectivity index (χ0v) is 18.4. The summed E-state index contributed by atoms with van der Waals surface area (Å²) in [7, 11) is 0. The van der Waals surface area contributed by atoms with Crippen LogP contribution in [0.3, 0.4) is 0 Å². The predicted molar refractivity (Wildman–Crippen MR) is 126 cm³/mol. The van der Waals surface area contributed by atoms with Gasteiger partial charge in [0.25, 0.3) is 5.91 Å². The molecule has 1 aliphatic heterocycles. The van der Waals surface area contributed by atoms with Crippen molar-refractivity contribution < 1.29 is 14.0 Å². The first-order valence-corrected chi connectivity index (χ1v) is 11.2. The average molecular weight is 447 g/mol. The number of pyridine rings is 1. The molecule has 33 heavy (non-hydrogen) atoms. The van der Waals surface area contributed by atoms with Crippen molar-refractivity contribution >= 4 is 23.3 Å². The summed E-state index contributed by atoms with van der Waals surface area (Å²) in [6.45, 7) is 1.97. The third-order valence-corrected chi connectivity index (χ3v) is 5.74. The van der Waals surface area contributed by atoms with E-state index in [9.17, 15) is 14.0 Å². The molecule has 0 unspecified atom stereocenters. The molecule has 1 N–H and O–H groups in total. The van der Waals surface area contributed by atoms with E-state index in [0.717, 1.165) is 12.8 Å². The number of carbonyl (C=O) groups excluding carboxylic acids is 2. The van der Waals surface area contributed by atoms with Crippen LogP contribution in [0.4, 0.5) is 15.9 Å². The molecule has 1 fully saturated rings. The third kappa shape index (κ3) is 5.94. The van der Waals surface area contributed by atoms with E-state index < -0.39 is 0 Å². The van der Waals surface area contributed by atoms with Gasteiger partial charge in [0.05, 0.1) is 5.56 Å². The topological polar surface area (TPSA) is 65.5 Å². The lowest BCUT2D eigenvalue weighted by atomic mass is 10.1. The van der Waals surface area contributed by atoms with E-state index in [1.54, 1.807) is 35.4 Å². The number of amides is 2. The molecular formula is C26H27FN4O2. The van der Waals surface area contributed by atoms with Crippen LogP contribution in [0, 0.1) is 5.82 Å². The van der Waals surface area contributed by atoms with Crippen LogP contribution in [0.1, 0.15) is 28.8 Å². The fraction of sp³-hybridized carbons (Fsp3) is 0.269. The Morgan fingerprint density at radius 1 is 0.909 bits per heavy atom. The van der Waals surface area contributed by atoms with Gasteiger partial charge in [-0.3, -0.25) is 9.59 Å². The van der Waals surface area contributed by atoms with Gasteiger partial charge in [-0.25, -0.2) is 9.37 Å². The maximum Gasteiger partial charge on any atom is 0.257 e. The molecule has 1 aliphatic rings. The first kappa shape index (κ1) is 22.5. The molecule has 0 radical (unpaired) electrons. The van der Waals surface area contributed by atoms with Gasteiger partial charge in [-0.1, -0.05) is 36.4 Å². The number of rotatable bonds is 7. The number of anilines is 2. The first-order chi connectivity index (χ1) is 16.1. The number of aryl methyl sites for hydroxylation is 1. The summed E-state index contributed by atoms with van der Waals surface area (Å²) in [5, 5.41) is 3.03. The molecule has 0 spiro atoms. The standard InChI is InChI=1S/C26H27FN4O2/c27-21-10-5-11-22(19-21)29-25-23(12-6-14-28-25)26(33)31-17-15-30(16-18-31)24(32)13-4-9-20-7-2-1-3-8-20/h1-3,5-8,10-12,14,19H,4,9,13,15-18H2,(H,28,29). The van der Waals surface area contributed by atoms with Gasteiger partial charge in [-0.05, 0) is 48.7 Å². The van der Waals surface area contributed by atoms with Crippen LogP contribution in [0.25, 0.3) is 0 Å².